The smallest absolute Gasteiger partial charge is 0.163 e. The van der Waals surface area contributed by atoms with Gasteiger partial charge < -0.3 is 5.32 Å². The molecule has 0 aliphatic carbocycles. The van der Waals surface area contributed by atoms with Gasteiger partial charge in [-0.1, -0.05) is 34.8 Å². The van der Waals surface area contributed by atoms with Gasteiger partial charge in [0.15, 0.2) is 5.57 Å². The van der Waals surface area contributed by atoms with Crippen LogP contribution >= 0.6 is 34.8 Å². The van der Waals surface area contributed by atoms with Gasteiger partial charge >= 0.3 is 0 Å². The van der Waals surface area contributed by atoms with E-state index in [1.807, 2.05) is 0 Å². The van der Waals surface area contributed by atoms with E-state index in [1.54, 1.807) is 18.2 Å². The van der Waals surface area contributed by atoms with Crippen molar-refractivity contribution in [2.45, 2.75) is 0 Å². The van der Waals surface area contributed by atoms with E-state index < -0.39 is 0 Å². The first kappa shape index (κ1) is 14.2. The molecule has 0 aliphatic rings. The molecule has 1 aromatic rings. The normalized spacial score (nSPS) is 8.67. The Hall–Kier alpha value is -1.90. The van der Waals surface area contributed by atoms with Gasteiger partial charge in [-0.25, -0.2) is 0 Å². The summed E-state index contributed by atoms with van der Waals surface area (Å²) in [7, 11) is 0. The topological polar surface area (TPSA) is 83.4 Å². The van der Waals surface area contributed by atoms with Crippen molar-refractivity contribution < 1.29 is 0 Å². The van der Waals surface area contributed by atoms with E-state index in [2.05, 4.69) is 5.32 Å². The highest BCUT2D eigenvalue weighted by molar-refractivity contribution is 6.41. The largest absolute Gasteiger partial charge is 0.343 e. The lowest BCUT2D eigenvalue weighted by Gasteiger charge is -2.09. The standard InChI is InChI=1S/C11H3Cl3N4/c12-7-1-8(13)11(9(14)2-7)18-10(5-17)6(3-15)4-16/h1-2,18H. The van der Waals surface area contributed by atoms with Crippen molar-refractivity contribution in [3.8, 4) is 18.2 Å². The molecule has 0 aliphatic heterocycles. The number of allylic oxidation sites excluding steroid dienone is 2. The number of hydrogen-bond acceptors (Lipinski definition) is 4. The SMILES string of the molecule is N#CC(C#N)=C(C#N)Nc1c(Cl)cc(Cl)cc1Cl. The summed E-state index contributed by atoms with van der Waals surface area (Å²) in [5.74, 6) is 0. The Labute approximate surface area is 118 Å². The predicted octanol–water partition coefficient (Wildman–Crippen LogP) is 3.88. The number of nitrogens with zero attached hydrogens (tertiary/aromatic N) is 3. The molecule has 0 heterocycles. The molecule has 18 heavy (non-hydrogen) atoms. The maximum Gasteiger partial charge on any atom is 0.163 e. The average Bonchev–Trinajstić information content (AvgIpc) is 2.32. The van der Waals surface area contributed by atoms with Gasteiger partial charge in [0.25, 0.3) is 0 Å². The molecule has 0 atom stereocenters. The Morgan fingerprint density at radius 1 is 0.944 bits per heavy atom. The van der Waals surface area contributed by atoms with Crippen molar-refractivity contribution in [2.75, 3.05) is 5.32 Å². The second kappa shape index (κ2) is 6.15. The maximum absolute atomic E-state index is 8.87. The molecule has 0 saturated heterocycles. The quantitative estimate of drug-likeness (QED) is 0.839. The van der Waals surface area contributed by atoms with Crippen LogP contribution in [0.25, 0.3) is 0 Å². The Morgan fingerprint density at radius 3 is 1.83 bits per heavy atom. The summed E-state index contributed by atoms with van der Waals surface area (Å²) in [6.07, 6.45) is 0. The highest BCUT2D eigenvalue weighted by Gasteiger charge is 2.12. The molecule has 0 saturated carbocycles. The molecule has 4 nitrogen and oxygen atoms in total. The fourth-order valence-electron chi connectivity index (χ4n) is 1.07. The summed E-state index contributed by atoms with van der Waals surface area (Å²) >= 11 is 17.5. The lowest BCUT2D eigenvalue weighted by Crippen LogP contribution is -2.01. The van der Waals surface area contributed by atoms with Crippen molar-refractivity contribution >= 4 is 40.5 Å². The third kappa shape index (κ3) is 3.06. The zero-order valence-corrected chi connectivity index (χ0v) is 10.9. The van der Waals surface area contributed by atoms with Crippen molar-refractivity contribution in [3.05, 3.63) is 38.5 Å². The van der Waals surface area contributed by atoms with Crippen LogP contribution in [0.5, 0.6) is 0 Å². The Kier molecular flexibility index (Phi) is 4.84. The molecule has 1 rings (SSSR count). The number of halogens is 3. The zero-order chi connectivity index (χ0) is 13.7. The molecular formula is C11H3Cl3N4. The number of nitriles is 3. The number of nitrogens with one attached hydrogen (secondary N) is 1. The van der Waals surface area contributed by atoms with Crippen molar-refractivity contribution in [3.63, 3.8) is 0 Å². The number of anilines is 1. The molecule has 0 amide bonds. The summed E-state index contributed by atoms with van der Waals surface area (Å²) < 4.78 is 0. The molecule has 0 spiro atoms. The highest BCUT2D eigenvalue weighted by Crippen LogP contribution is 2.34. The van der Waals surface area contributed by atoms with Gasteiger partial charge in [0, 0.05) is 5.02 Å². The minimum atomic E-state index is -0.361. The molecular weight excluding hydrogens is 295 g/mol. The highest BCUT2D eigenvalue weighted by atomic mass is 35.5. The van der Waals surface area contributed by atoms with Gasteiger partial charge in [0.1, 0.15) is 23.9 Å². The summed E-state index contributed by atoms with van der Waals surface area (Å²) in [5, 5.41) is 29.5. The van der Waals surface area contributed by atoms with E-state index in [0.29, 0.717) is 5.02 Å². The lowest BCUT2D eigenvalue weighted by molar-refractivity contribution is 1.37. The first-order valence-electron chi connectivity index (χ1n) is 4.39. The van der Waals surface area contributed by atoms with E-state index in [4.69, 9.17) is 50.6 Å². The van der Waals surface area contributed by atoms with Crippen molar-refractivity contribution in [1.29, 1.82) is 15.8 Å². The fourth-order valence-corrected chi connectivity index (χ4v) is 1.98. The van der Waals surface area contributed by atoms with Crippen LogP contribution in [-0.4, -0.2) is 0 Å². The van der Waals surface area contributed by atoms with Crippen molar-refractivity contribution in [1.82, 2.24) is 0 Å². The monoisotopic (exact) mass is 296 g/mol. The summed E-state index contributed by atoms with van der Waals surface area (Å²) in [6.45, 7) is 0. The second-order valence-corrected chi connectivity index (χ2v) is 4.21. The van der Waals surface area contributed by atoms with Gasteiger partial charge in [-0.2, -0.15) is 15.8 Å². The predicted molar refractivity (Wildman–Crippen MR) is 69.0 cm³/mol. The fraction of sp³-hybridized carbons (Fsp3) is 0. The molecule has 0 fully saturated rings. The minimum Gasteiger partial charge on any atom is -0.343 e. The van der Waals surface area contributed by atoms with E-state index in [-0.39, 0.29) is 27.0 Å². The molecule has 88 valence electrons. The van der Waals surface area contributed by atoms with Crippen LogP contribution in [0.15, 0.2) is 23.4 Å². The second-order valence-electron chi connectivity index (χ2n) is 2.95. The number of benzene rings is 1. The molecule has 7 heteroatoms. The first-order valence-corrected chi connectivity index (χ1v) is 5.53. The van der Waals surface area contributed by atoms with Gasteiger partial charge in [-0.15, -0.1) is 0 Å². The van der Waals surface area contributed by atoms with Crippen LogP contribution in [0.1, 0.15) is 0 Å². The van der Waals surface area contributed by atoms with Crippen molar-refractivity contribution in [2.24, 2.45) is 0 Å². The van der Waals surface area contributed by atoms with E-state index in [0.717, 1.165) is 0 Å². The van der Waals surface area contributed by atoms with Gasteiger partial charge in [0.2, 0.25) is 0 Å². The van der Waals surface area contributed by atoms with Gasteiger partial charge in [0.05, 0.1) is 15.7 Å². The molecule has 1 N–H and O–H groups in total. The van der Waals surface area contributed by atoms with E-state index in [9.17, 15) is 0 Å². The third-order valence-electron chi connectivity index (χ3n) is 1.84. The Bertz CT molecular complexity index is 605. The summed E-state index contributed by atoms with van der Waals surface area (Å²) in [5.41, 5.74) is -0.381. The molecule has 1 aromatic carbocycles. The summed E-state index contributed by atoms with van der Waals surface area (Å²) in [6, 6.07) is 7.73. The van der Waals surface area contributed by atoms with E-state index >= 15 is 0 Å². The Balaban J connectivity index is 3.30. The van der Waals surface area contributed by atoms with Crippen LogP contribution in [0.4, 0.5) is 5.69 Å². The van der Waals surface area contributed by atoms with Crippen LogP contribution < -0.4 is 5.32 Å². The minimum absolute atomic E-state index is 0.176. The van der Waals surface area contributed by atoms with Crippen LogP contribution in [0.3, 0.4) is 0 Å². The number of rotatable bonds is 2. The molecule has 0 aromatic heterocycles. The summed E-state index contributed by atoms with van der Waals surface area (Å²) in [4.78, 5) is 0. The van der Waals surface area contributed by atoms with E-state index in [1.165, 1.54) is 12.1 Å². The van der Waals surface area contributed by atoms with Gasteiger partial charge in [-0.3, -0.25) is 0 Å². The number of hydrogen-bond donors (Lipinski definition) is 1. The molecule has 0 unspecified atom stereocenters. The van der Waals surface area contributed by atoms with Crippen LogP contribution in [0, 0.1) is 34.0 Å². The Morgan fingerprint density at radius 2 is 1.44 bits per heavy atom. The van der Waals surface area contributed by atoms with Gasteiger partial charge in [-0.05, 0) is 12.1 Å². The molecule has 0 bridgehead atoms. The lowest BCUT2D eigenvalue weighted by atomic mass is 10.2. The van der Waals surface area contributed by atoms with Crippen LogP contribution in [-0.2, 0) is 0 Å². The first-order chi connectivity index (χ1) is 8.53. The zero-order valence-electron chi connectivity index (χ0n) is 8.63. The average molecular weight is 298 g/mol. The van der Waals surface area contributed by atoms with Crippen LogP contribution in [0.2, 0.25) is 15.1 Å². The maximum atomic E-state index is 8.87. The third-order valence-corrected chi connectivity index (χ3v) is 2.66. The molecule has 0 radical (unpaired) electrons.